The molecule has 0 spiro atoms. The van der Waals surface area contributed by atoms with Gasteiger partial charge < -0.3 is 9.47 Å². The van der Waals surface area contributed by atoms with Gasteiger partial charge in [0.1, 0.15) is 0 Å². The molecule has 0 saturated heterocycles. The van der Waals surface area contributed by atoms with Crippen LogP contribution in [0.25, 0.3) is 0 Å². The van der Waals surface area contributed by atoms with E-state index < -0.39 is 0 Å². The molecule has 1 unspecified atom stereocenters. The minimum atomic E-state index is -0.321. The Morgan fingerprint density at radius 3 is 1.92 bits per heavy atom. The van der Waals surface area contributed by atoms with Gasteiger partial charge in [-0.1, -0.05) is 77.6 Å². The molecule has 2 rings (SSSR count). The maximum absolute atomic E-state index is 6.27. The van der Waals surface area contributed by atoms with Crippen LogP contribution in [0.4, 0.5) is 0 Å². The Labute approximate surface area is 157 Å². The first kappa shape index (κ1) is 21.2. The zero-order valence-electron chi connectivity index (χ0n) is 17.4. The average molecular weight is 353 g/mol. The Morgan fingerprint density at radius 2 is 1.32 bits per heavy atom. The predicted octanol–water partition coefficient (Wildman–Crippen LogP) is 7.11. The van der Waals surface area contributed by atoms with Gasteiger partial charge in [-0.05, 0) is 38.0 Å². The largest absolute Gasteiger partial charge is 0.353 e. The second-order valence-corrected chi connectivity index (χ2v) is 8.67. The average Bonchev–Trinajstić information content (AvgIpc) is 3.19. The van der Waals surface area contributed by atoms with Gasteiger partial charge in [0.05, 0.1) is 0 Å². The van der Waals surface area contributed by atoms with Crippen LogP contribution >= 0.6 is 0 Å². The Hall–Kier alpha value is -0.0800. The van der Waals surface area contributed by atoms with E-state index in [9.17, 15) is 0 Å². The molecule has 0 aromatic heterocycles. The standard InChI is InChI=1S/C23H44O2/c1-4-5-6-7-8-12-19-22(20-15-13-14-16-20)23(24-2,25-3)21-17-10-9-11-18-21/h20-22H,4-19H2,1-3H3. The van der Waals surface area contributed by atoms with Crippen molar-refractivity contribution in [3.63, 3.8) is 0 Å². The lowest BCUT2D eigenvalue weighted by Crippen LogP contribution is -2.51. The van der Waals surface area contributed by atoms with Gasteiger partial charge in [-0.15, -0.1) is 0 Å². The van der Waals surface area contributed by atoms with Crippen molar-refractivity contribution >= 4 is 0 Å². The van der Waals surface area contributed by atoms with Crippen LogP contribution in [0.3, 0.4) is 0 Å². The monoisotopic (exact) mass is 352 g/mol. The zero-order chi connectivity index (χ0) is 18.0. The maximum Gasteiger partial charge on any atom is 0.173 e. The molecule has 2 heteroatoms. The molecule has 0 aromatic rings. The topological polar surface area (TPSA) is 18.5 Å². The molecular weight excluding hydrogens is 308 g/mol. The Balaban J connectivity index is 2.02. The summed E-state index contributed by atoms with van der Waals surface area (Å²) in [6.07, 6.45) is 21.9. The fourth-order valence-corrected chi connectivity index (χ4v) is 5.80. The first-order valence-corrected chi connectivity index (χ1v) is 11.4. The number of ether oxygens (including phenoxy) is 2. The third kappa shape index (κ3) is 5.70. The van der Waals surface area contributed by atoms with Crippen LogP contribution in [0.2, 0.25) is 0 Å². The van der Waals surface area contributed by atoms with E-state index in [0.717, 1.165) is 5.92 Å². The van der Waals surface area contributed by atoms with Gasteiger partial charge in [-0.25, -0.2) is 0 Å². The molecule has 25 heavy (non-hydrogen) atoms. The Morgan fingerprint density at radius 1 is 0.760 bits per heavy atom. The first-order valence-electron chi connectivity index (χ1n) is 11.4. The third-order valence-corrected chi connectivity index (χ3v) is 7.17. The van der Waals surface area contributed by atoms with Gasteiger partial charge in [-0.3, -0.25) is 0 Å². The van der Waals surface area contributed by atoms with Gasteiger partial charge in [0.15, 0.2) is 5.79 Å². The van der Waals surface area contributed by atoms with Crippen LogP contribution in [0.5, 0.6) is 0 Å². The summed E-state index contributed by atoms with van der Waals surface area (Å²) in [5.74, 6) is 1.69. The van der Waals surface area contributed by atoms with Crippen LogP contribution in [-0.2, 0) is 9.47 Å². The molecule has 0 aliphatic heterocycles. The van der Waals surface area contributed by atoms with Crippen LogP contribution in [0.15, 0.2) is 0 Å². The van der Waals surface area contributed by atoms with Crippen LogP contribution < -0.4 is 0 Å². The van der Waals surface area contributed by atoms with Crippen molar-refractivity contribution in [2.45, 2.75) is 115 Å². The van der Waals surface area contributed by atoms with Gasteiger partial charge in [-0.2, -0.15) is 0 Å². The van der Waals surface area contributed by atoms with E-state index in [1.165, 1.54) is 103 Å². The summed E-state index contributed by atoms with van der Waals surface area (Å²) in [6.45, 7) is 2.30. The highest BCUT2D eigenvalue weighted by molar-refractivity contribution is 4.92. The molecular formula is C23H44O2. The van der Waals surface area contributed by atoms with E-state index >= 15 is 0 Å². The van der Waals surface area contributed by atoms with Crippen molar-refractivity contribution in [2.24, 2.45) is 17.8 Å². The summed E-state index contributed by atoms with van der Waals surface area (Å²) >= 11 is 0. The lowest BCUT2D eigenvalue weighted by molar-refractivity contribution is -0.286. The molecule has 2 saturated carbocycles. The highest BCUT2D eigenvalue weighted by atomic mass is 16.7. The van der Waals surface area contributed by atoms with Crippen molar-refractivity contribution in [3.05, 3.63) is 0 Å². The van der Waals surface area contributed by atoms with E-state index in [2.05, 4.69) is 6.92 Å². The van der Waals surface area contributed by atoms with E-state index in [4.69, 9.17) is 9.47 Å². The molecule has 2 fully saturated rings. The van der Waals surface area contributed by atoms with E-state index in [1.807, 2.05) is 14.2 Å². The quantitative estimate of drug-likeness (QED) is 0.275. The van der Waals surface area contributed by atoms with Crippen molar-refractivity contribution < 1.29 is 9.47 Å². The molecule has 0 bridgehead atoms. The van der Waals surface area contributed by atoms with Gasteiger partial charge in [0, 0.05) is 26.1 Å². The maximum atomic E-state index is 6.27. The second-order valence-electron chi connectivity index (χ2n) is 8.67. The third-order valence-electron chi connectivity index (χ3n) is 7.17. The van der Waals surface area contributed by atoms with Crippen LogP contribution in [0, 0.1) is 17.8 Å². The SMILES string of the molecule is CCCCCCCCC(C1CCCC1)C(OC)(OC)C1CCCCC1. The minimum Gasteiger partial charge on any atom is -0.353 e. The first-order chi connectivity index (χ1) is 12.3. The minimum absolute atomic E-state index is 0.321. The molecule has 0 N–H and O–H groups in total. The van der Waals surface area contributed by atoms with Crippen LogP contribution in [-0.4, -0.2) is 20.0 Å². The second kappa shape index (κ2) is 11.6. The normalized spacial score (nSPS) is 21.7. The predicted molar refractivity (Wildman–Crippen MR) is 107 cm³/mol. The molecule has 148 valence electrons. The molecule has 1 atom stereocenters. The van der Waals surface area contributed by atoms with Crippen molar-refractivity contribution in [3.8, 4) is 0 Å². The molecule has 0 aromatic carbocycles. The molecule has 0 amide bonds. The fraction of sp³-hybridized carbons (Fsp3) is 1.00. The fourth-order valence-electron chi connectivity index (χ4n) is 5.80. The zero-order valence-corrected chi connectivity index (χ0v) is 17.4. The van der Waals surface area contributed by atoms with E-state index in [0.29, 0.717) is 11.8 Å². The summed E-state index contributed by atoms with van der Waals surface area (Å²) in [4.78, 5) is 0. The Bertz CT molecular complexity index is 325. The van der Waals surface area contributed by atoms with E-state index in [-0.39, 0.29) is 5.79 Å². The smallest absolute Gasteiger partial charge is 0.173 e. The summed E-state index contributed by atoms with van der Waals surface area (Å²) in [5, 5.41) is 0. The number of rotatable bonds is 12. The van der Waals surface area contributed by atoms with E-state index in [1.54, 1.807) is 0 Å². The number of methoxy groups -OCH3 is 2. The lowest BCUT2D eigenvalue weighted by Gasteiger charge is -2.48. The number of unbranched alkanes of at least 4 members (excludes halogenated alkanes) is 5. The summed E-state index contributed by atoms with van der Waals surface area (Å²) in [7, 11) is 3.84. The summed E-state index contributed by atoms with van der Waals surface area (Å²) in [6, 6.07) is 0. The van der Waals surface area contributed by atoms with Crippen molar-refractivity contribution in [2.75, 3.05) is 14.2 Å². The molecule has 0 heterocycles. The molecule has 2 nitrogen and oxygen atoms in total. The molecule has 0 radical (unpaired) electrons. The molecule has 2 aliphatic rings. The van der Waals surface area contributed by atoms with Crippen LogP contribution in [0.1, 0.15) is 110 Å². The van der Waals surface area contributed by atoms with Gasteiger partial charge in [0.25, 0.3) is 0 Å². The Kier molecular flexibility index (Phi) is 9.84. The highest BCUT2D eigenvalue weighted by Crippen LogP contribution is 2.48. The number of hydrogen-bond donors (Lipinski definition) is 0. The lowest BCUT2D eigenvalue weighted by atomic mass is 9.70. The number of hydrogen-bond acceptors (Lipinski definition) is 2. The van der Waals surface area contributed by atoms with Gasteiger partial charge in [0.2, 0.25) is 0 Å². The molecule has 2 aliphatic carbocycles. The summed E-state index contributed by atoms with van der Waals surface area (Å²) in [5.41, 5.74) is 0. The van der Waals surface area contributed by atoms with Crippen molar-refractivity contribution in [1.82, 2.24) is 0 Å². The highest BCUT2D eigenvalue weighted by Gasteiger charge is 2.49. The van der Waals surface area contributed by atoms with Crippen molar-refractivity contribution in [1.29, 1.82) is 0 Å². The summed E-state index contributed by atoms with van der Waals surface area (Å²) < 4.78 is 12.5. The van der Waals surface area contributed by atoms with Gasteiger partial charge >= 0.3 is 0 Å².